The fraction of sp³-hybridized carbons (Fsp3) is 0.933. The van der Waals surface area contributed by atoms with E-state index in [2.05, 4.69) is 17.6 Å². The van der Waals surface area contributed by atoms with E-state index in [1.807, 2.05) is 0 Å². The first-order valence-corrected chi connectivity index (χ1v) is 7.72. The molecule has 3 rings (SSSR count). The first-order valence-electron chi connectivity index (χ1n) is 7.72. The van der Waals surface area contributed by atoms with Gasteiger partial charge in [0.1, 0.15) is 0 Å². The maximum Gasteiger partial charge on any atom is 0.220 e. The normalized spacial score (nSPS) is 43.1. The molecule has 1 aliphatic heterocycles. The van der Waals surface area contributed by atoms with Crippen LogP contribution in [-0.2, 0) is 4.79 Å². The van der Waals surface area contributed by atoms with Gasteiger partial charge in [-0.3, -0.25) is 4.79 Å². The molecule has 1 heterocycles. The van der Waals surface area contributed by atoms with Crippen LogP contribution in [0.2, 0.25) is 0 Å². The Kier molecular flexibility index (Phi) is 3.60. The van der Waals surface area contributed by atoms with E-state index in [0.29, 0.717) is 23.8 Å². The van der Waals surface area contributed by atoms with Crippen molar-refractivity contribution in [2.24, 2.45) is 23.7 Å². The van der Waals surface area contributed by atoms with E-state index >= 15 is 0 Å². The minimum absolute atomic E-state index is 0.311. The third-order valence-electron chi connectivity index (χ3n) is 5.46. The predicted octanol–water partition coefficient (Wildman–Crippen LogP) is 1.93. The van der Waals surface area contributed by atoms with E-state index in [-0.39, 0.29) is 0 Å². The van der Waals surface area contributed by atoms with Crippen LogP contribution in [0.25, 0.3) is 0 Å². The minimum atomic E-state index is 0.311. The van der Waals surface area contributed by atoms with E-state index in [1.54, 1.807) is 0 Å². The van der Waals surface area contributed by atoms with Gasteiger partial charge in [0.05, 0.1) is 0 Å². The van der Waals surface area contributed by atoms with Gasteiger partial charge < -0.3 is 10.6 Å². The lowest BCUT2D eigenvalue weighted by molar-refractivity contribution is -0.123. The molecule has 3 aliphatic rings. The van der Waals surface area contributed by atoms with Crippen LogP contribution in [0.3, 0.4) is 0 Å². The summed E-state index contributed by atoms with van der Waals surface area (Å²) in [5.74, 6) is 3.40. The van der Waals surface area contributed by atoms with Crippen molar-refractivity contribution in [1.82, 2.24) is 10.6 Å². The molecule has 102 valence electrons. The highest BCUT2D eigenvalue weighted by molar-refractivity contribution is 5.76. The average molecular weight is 250 g/mol. The number of fused-ring (bicyclic) bond motifs is 2. The van der Waals surface area contributed by atoms with Crippen molar-refractivity contribution < 1.29 is 4.79 Å². The Hall–Kier alpha value is -0.570. The highest BCUT2D eigenvalue weighted by atomic mass is 16.1. The fourth-order valence-corrected chi connectivity index (χ4v) is 4.36. The van der Waals surface area contributed by atoms with E-state index in [9.17, 15) is 4.79 Å². The van der Waals surface area contributed by atoms with Crippen molar-refractivity contribution in [2.45, 2.75) is 51.5 Å². The molecule has 5 atom stereocenters. The highest BCUT2D eigenvalue weighted by Crippen LogP contribution is 2.49. The standard InChI is InChI=1S/C15H26N2O/c1-10-9-16-5-4-14(10)17-15(18)8-13-7-11-2-3-12(13)6-11/h10-14,16H,2-9H2,1H3,(H,17,18). The van der Waals surface area contributed by atoms with Crippen LogP contribution < -0.4 is 10.6 Å². The number of amides is 1. The quantitative estimate of drug-likeness (QED) is 0.803. The molecule has 5 unspecified atom stereocenters. The third kappa shape index (κ3) is 2.56. The van der Waals surface area contributed by atoms with Crippen LogP contribution in [-0.4, -0.2) is 25.0 Å². The molecule has 0 aromatic rings. The van der Waals surface area contributed by atoms with Crippen LogP contribution >= 0.6 is 0 Å². The molecule has 1 saturated heterocycles. The number of rotatable bonds is 3. The molecule has 2 bridgehead atoms. The van der Waals surface area contributed by atoms with Gasteiger partial charge in [-0.1, -0.05) is 13.3 Å². The maximum absolute atomic E-state index is 12.2. The van der Waals surface area contributed by atoms with E-state index in [1.165, 1.54) is 25.7 Å². The Morgan fingerprint density at radius 2 is 2.17 bits per heavy atom. The van der Waals surface area contributed by atoms with Crippen molar-refractivity contribution in [3.05, 3.63) is 0 Å². The lowest BCUT2D eigenvalue weighted by Gasteiger charge is -2.31. The van der Waals surface area contributed by atoms with Gasteiger partial charge in [-0.15, -0.1) is 0 Å². The van der Waals surface area contributed by atoms with Crippen LogP contribution in [0.4, 0.5) is 0 Å². The van der Waals surface area contributed by atoms with Crippen molar-refractivity contribution in [1.29, 1.82) is 0 Å². The molecule has 3 nitrogen and oxygen atoms in total. The largest absolute Gasteiger partial charge is 0.353 e. The zero-order valence-electron chi connectivity index (χ0n) is 11.5. The molecule has 2 aliphatic carbocycles. The van der Waals surface area contributed by atoms with Gasteiger partial charge in [0.25, 0.3) is 0 Å². The summed E-state index contributed by atoms with van der Waals surface area (Å²) in [5.41, 5.74) is 0. The molecule has 2 N–H and O–H groups in total. The monoisotopic (exact) mass is 250 g/mol. The molecule has 0 radical (unpaired) electrons. The summed E-state index contributed by atoms with van der Waals surface area (Å²) in [6, 6.07) is 0.400. The smallest absolute Gasteiger partial charge is 0.220 e. The van der Waals surface area contributed by atoms with Gasteiger partial charge in [-0.2, -0.15) is 0 Å². The van der Waals surface area contributed by atoms with E-state index < -0.39 is 0 Å². The molecule has 0 spiro atoms. The Morgan fingerprint density at radius 1 is 1.28 bits per heavy atom. The summed E-state index contributed by atoms with van der Waals surface area (Å²) in [7, 11) is 0. The Bertz CT molecular complexity index is 312. The average Bonchev–Trinajstić information content (AvgIpc) is 2.94. The van der Waals surface area contributed by atoms with Crippen LogP contribution in [0.15, 0.2) is 0 Å². The number of carbonyl (C=O) groups is 1. The van der Waals surface area contributed by atoms with Crippen LogP contribution in [0.1, 0.15) is 45.4 Å². The Labute approximate surface area is 110 Å². The summed E-state index contributed by atoms with van der Waals surface area (Å²) < 4.78 is 0. The van der Waals surface area contributed by atoms with Gasteiger partial charge in [0, 0.05) is 12.5 Å². The predicted molar refractivity (Wildman–Crippen MR) is 72.1 cm³/mol. The molecule has 3 fully saturated rings. The van der Waals surface area contributed by atoms with Gasteiger partial charge in [-0.05, 0) is 62.4 Å². The molecular weight excluding hydrogens is 224 g/mol. The first-order chi connectivity index (χ1) is 8.72. The van der Waals surface area contributed by atoms with E-state index in [4.69, 9.17) is 0 Å². The summed E-state index contributed by atoms with van der Waals surface area (Å²) >= 11 is 0. The molecule has 1 amide bonds. The molecule has 3 heteroatoms. The number of hydrogen-bond acceptors (Lipinski definition) is 2. The highest BCUT2D eigenvalue weighted by Gasteiger charge is 2.40. The number of hydrogen-bond donors (Lipinski definition) is 2. The summed E-state index contributed by atoms with van der Waals surface area (Å²) in [6.07, 6.45) is 7.41. The van der Waals surface area contributed by atoms with Crippen LogP contribution in [0.5, 0.6) is 0 Å². The van der Waals surface area contributed by atoms with Gasteiger partial charge in [-0.25, -0.2) is 0 Å². The van der Waals surface area contributed by atoms with E-state index in [0.717, 1.165) is 37.8 Å². The number of nitrogens with one attached hydrogen (secondary N) is 2. The topological polar surface area (TPSA) is 41.1 Å². The lowest BCUT2D eigenvalue weighted by Crippen LogP contribution is -2.48. The first kappa shape index (κ1) is 12.5. The SMILES string of the molecule is CC1CNCCC1NC(=O)CC1CC2CCC1C2. The summed E-state index contributed by atoms with van der Waals surface area (Å²) in [6.45, 7) is 4.32. The van der Waals surface area contributed by atoms with Crippen molar-refractivity contribution in [2.75, 3.05) is 13.1 Å². The second-order valence-corrected chi connectivity index (χ2v) is 6.78. The molecule has 0 aromatic carbocycles. The second kappa shape index (κ2) is 5.20. The van der Waals surface area contributed by atoms with Gasteiger partial charge in [0.2, 0.25) is 5.91 Å². The number of piperidine rings is 1. The second-order valence-electron chi connectivity index (χ2n) is 6.78. The third-order valence-corrected chi connectivity index (χ3v) is 5.46. The van der Waals surface area contributed by atoms with Gasteiger partial charge >= 0.3 is 0 Å². The van der Waals surface area contributed by atoms with Crippen LogP contribution in [0, 0.1) is 23.7 Å². The van der Waals surface area contributed by atoms with Gasteiger partial charge in [0.15, 0.2) is 0 Å². The fourth-order valence-electron chi connectivity index (χ4n) is 4.36. The Morgan fingerprint density at radius 3 is 2.83 bits per heavy atom. The maximum atomic E-state index is 12.2. The summed E-state index contributed by atoms with van der Waals surface area (Å²) in [5, 5.41) is 6.66. The zero-order valence-corrected chi connectivity index (χ0v) is 11.5. The van der Waals surface area contributed by atoms with Crippen molar-refractivity contribution in [3.8, 4) is 0 Å². The number of carbonyl (C=O) groups excluding carboxylic acids is 1. The Balaban J connectivity index is 1.47. The van der Waals surface area contributed by atoms with Crippen molar-refractivity contribution >= 4 is 5.91 Å². The molecule has 18 heavy (non-hydrogen) atoms. The zero-order chi connectivity index (χ0) is 12.5. The molecular formula is C15H26N2O. The lowest BCUT2D eigenvalue weighted by atomic mass is 9.86. The summed E-state index contributed by atoms with van der Waals surface area (Å²) in [4.78, 5) is 12.2. The molecule has 0 aromatic heterocycles. The molecule has 2 saturated carbocycles. The van der Waals surface area contributed by atoms with Crippen molar-refractivity contribution in [3.63, 3.8) is 0 Å². The minimum Gasteiger partial charge on any atom is -0.353 e.